The van der Waals surface area contributed by atoms with Crippen molar-refractivity contribution in [3.05, 3.63) is 12.7 Å². The van der Waals surface area contributed by atoms with Crippen LogP contribution in [0.3, 0.4) is 0 Å². The SMILES string of the molecule is C=CC[C@](C)(O)[C@H]1COC(C)(C)N1. The van der Waals surface area contributed by atoms with E-state index in [0.29, 0.717) is 13.0 Å². The third-order valence-electron chi connectivity index (χ3n) is 2.44. The lowest BCUT2D eigenvalue weighted by Crippen LogP contribution is -2.50. The molecule has 3 nitrogen and oxygen atoms in total. The summed E-state index contributed by atoms with van der Waals surface area (Å²) in [6.45, 7) is 9.89. The molecule has 2 atom stereocenters. The first kappa shape index (κ1) is 10.7. The summed E-state index contributed by atoms with van der Waals surface area (Å²) in [6, 6.07) is -0.0134. The van der Waals surface area contributed by atoms with Gasteiger partial charge in [-0.1, -0.05) is 6.08 Å². The highest BCUT2D eigenvalue weighted by Gasteiger charge is 2.40. The molecule has 0 saturated carbocycles. The molecule has 0 spiro atoms. The van der Waals surface area contributed by atoms with E-state index in [-0.39, 0.29) is 11.8 Å². The minimum absolute atomic E-state index is 0.0134. The molecule has 76 valence electrons. The van der Waals surface area contributed by atoms with Crippen LogP contribution in [0.25, 0.3) is 0 Å². The van der Waals surface area contributed by atoms with Crippen LogP contribution in [-0.2, 0) is 4.74 Å². The summed E-state index contributed by atoms with van der Waals surface area (Å²) in [5.41, 5.74) is -1.09. The fourth-order valence-electron chi connectivity index (χ4n) is 1.56. The Balaban J connectivity index is 2.59. The van der Waals surface area contributed by atoms with Gasteiger partial charge in [-0.25, -0.2) is 0 Å². The Bertz CT molecular complexity index is 199. The third-order valence-corrected chi connectivity index (χ3v) is 2.44. The van der Waals surface area contributed by atoms with Gasteiger partial charge in [0.2, 0.25) is 0 Å². The summed E-state index contributed by atoms with van der Waals surface area (Å²) < 4.78 is 5.48. The lowest BCUT2D eigenvalue weighted by atomic mass is 9.93. The van der Waals surface area contributed by atoms with Crippen molar-refractivity contribution in [1.82, 2.24) is 5.32 Å². The van der Waals surface area contributed by atoms with Gasteiger partial charge in [0, 0.05) is 0 Å². The quantitative estimate of drug-likeness (QED) is 0.645. The summed E-state index contributed by atoms with van der Waals surface area (Å²) in [4.78, 5) is 0. The maximum Gasteiger partial charge on any atom is 0.114 e. The molecule has 3 heteroatoms. The number of nitrogens with one attached hydrogen (secondary N) is 1. The normalized spacial score (nSPS) is 31.2. The zero-order valence-electron chi connectivity index (χ0n) is 8.63. The molecule has 2 N–H and O–H groups in total. The van der Waals surface area contributed by atoms with Gasteiger partial charge in [0.1, 0.15) is 5.72 Å². The molecule has 1 saturated heterocycles. The van der Waals surface area contributed by atoms with Crippen LogP contribution in [0.4, 0.5) is 0 Å². The van der Waals surface area contributed by atoms with Gasteiger partial charge in [0.15, 0.2) is 0 Å². The Morgan fingerprint density at radius 1 is 1.77 bits per heavy atom. The van der Waals surface area contributed by atoms with Crippen molar-refractivity contribution < 1.29 is 9.84 Å². The Morgan fingerprint density at radius 3 is 2.77 bits per heavy atom. The number of hydrogen-bond acceptors (Lipinski definition) is 3. The van der Waals surface area contributed by atoms with Crippen molar-refractivity contribution in [3.8, 4) is 0 Å². The fourth-order valence-corrected chi connectivity index (χ4v) is 1.56. The second-order valence-electron chi connectivity index (χ2n) is 4.37. The van der Waals surface area contributed by atoms with Crippen molar-refractivity contribution in [2.45, 2.75) is 44.6 Å². The van der Waals surface area contributed by atoms with Gasteiger partial charge >= 0.3 is 0 Å². The van der Waals surface area contributed by atoms with E-state index in [1.54, 1.807) is 13.0 Å². The first-order chi connectivity index (χ1) is 5.87. The predicted molar refractivity (Wildman–Crippen MR) is 52.4 cm³/mol. The topological polar surface area (TPSA) is 41.5 Å². The van der Waals surface area contributed by atoms with Crippen LogP contribution in [0.15, 0.2) is 12.7 Å². The third kappa shape index (κ3) is 2.53. The largest absolute Gasteiger partial charge is 0.388 e. The van der Waals surface area contributed by atoms with Crippen LogP contribution in [0.5, 0.6) is 0 Å². The van der Waals surface area contributed by atoms with Crippen LogP contribution in [0.1, 0.15) is 27.2 Å². The highest BCUT2D eigenvalue weighted by molar-refractivity contribution is 4.97. The smallest absolute Gasteiger partial charge is 0.114 e. The second-order valence-corrected chi connectivity index (χ2v) is 4.37. The summed E-state index contributed by atoms with van der Waals surface area (Å²) in [5, 5.41) is 13.3. The van der Waals surface area contributed by atoms with E-state index < -0.39 is 5.60 Å². The molecule has 0 radical (unpaired) electrons. The zero-order chi connectivity index (χ0) is 10.1. The maximum atomic E-state index is 10.0. The molecule has 1 aliphatic rings. The van der Waals surface area contributed by atoms with Gasteiger partial charge < -0.3 is 9.84 Å². The Morgan fingerprint density at radius 2 is 2.38 bits per heavy atom. The van der Waals surface area contributed by atoms with Gasteiger partial charge in [-0.15, -0.1) is 6.58 Å². The van der Waals surface area contributed by atoms with Crippen molar-refractivity contribution in [3.63, 3.8) is 0 Å². The van der Waals surface area contributed by atoms with E-state index in [1.165, 1.54) is 0 Å². The van der Waals surface area contributed by atoms with Gasteiger partial charge in [0.25, 0.3) is 0 Å². The van der Waals surface area contributed by atoms with Crippen LogP contribution in [0, 0.1) is 0 Å². The summed E-state index contributed by atoms with van der Waals surface area (Å²) in [7, 11) is 0. The average molecular weight is 185 g/mol. The summed E-state index contributed by atoms with van der Waals surface area (Å²) in [5.74, 6) is 0. The molecule has 1 rings (SSSR count). The van der Waals surface area contributed by atoms with Crippen molar-refractivity contribution in [2.75, 3.05) is 6.61 Å². The van der Waals surface area contributed by atoms with Gasteiger partial charge in [-0.3, -0.25) is 5.32 Å². The van der Waals surface area contributed by atoms with Crippen LogP contribution < -0.4 is 5.32 Å². The average Bonchev–Trinajstić information content (AvgIpc) is 2.30. The van der Waals surface area contributed by atoms with Crippen LogP contribution >= 0.6 is 0 Å². The first-order valence-corrected chi connectivity index (χ1v) is 4.62. The van der Waals surface area contributed by atoms with Crippen molar-refractivity contribution >= 4 is 0 Å². The first-order valence-electron chi connectivity index (χ1n) is 4.62. The lowest BCUT2D eigenvalue weighted by molar-refractivity contribution is 0.0159. The van der Waals surface area contributed by atoms with E-state index >= 15 is 0 Å². The molecule has 13 heavy (non-hydrogen) atoms. The van der Waals surface area contributed by atoms with E-state index in [1.807, 2.05) is 13.8 Å². The molecule has 0 aromatic rings. The Kier molecular flexibility index (Phi) is 2.80. The molecular weight excluding hydrogens is 166 g/mol. The number of hydrogen-bond donors (Lipinski definition) is 2. The van der Waals surface area contributed by atoms with E-state index in [0.717, 1.165) is 0 Å². The van der Waals surface area contributed by atoms with Gasteiger partial charge in [-0.2, -0.15) is 0 Å². The molecular formula is C10H19NO2. The molecule has 1 aliphatic heterocycles. The van der Waals surface area contributed by atoms with E-state index in [9.17, 15) is 5.11 Å². The number of ether oxygens (including phenoxy) is 1. The standard InChI is InChI=1S/C10H19NO2/c1-5-6-10(4,12)8-7-13-9(2,3)11-8/h5,8,11-12H,1,6-7H2,2-4H3/t8-,10+/m1/s1. The molecule has 0 bridgehead atoms. The van der Waals surface area contributed by atoms with Crippen molar-refractivity contribution in [2.24, 2.45) is 0 Å². The lowest BCUT2D eigenvalue weighted by Gasteiger charge is -2.29. The monoisotopic (exact) mass is 185 g/mol. The predicted octanol–water partition coefficient (Wildman–Crippen LogP) is 1.04. The fraction of sp³-hybridized carbons (Fsp3) is 0.800. The van der Waals surface area contributed by atoms with Crippen LogP contribution in [0.2, 0.25) is 0 Å². The van der Waals surface area contributed by atoms with Crippen LogP contribution in [-0.4, -0.2) is 29.1 Å². The molecule has 0 aromatic heterocycles. The molecule has 1 heterocycles. The highest BCUT2D eigenvalue weighted by Crippen LogP contribution is 2.24. The number of aliphatic hydroxyl groups is 1. The van der Waals surface area contributed by atoms with E-state index in [2.05, 4.69) is 11.9 Å². The molecule has 1 fully saturated rings. The van der Waals surface area contributed by atoms with Gasteiger partial charge in [-0.05, 0) is 27.2 Å². The molecule has 0 aromatic carbocycles. The highest BCUT2D eigenvalue weighted by atomic mass is 16.5. The molecule has 0 unspecified atom stereocenters. The summed E-state index contributed by atoms with van der Waals surface area (Å²) >= 11 is 0. The minimum Gasteiger partial charge on any atom is -0.388 e. The Labute approximate surface area is 79.8 Å². The zero-order valence-corrected chi connectivity index (χ0v) is 8.63. The van der Waals surface area contributed by atoms with Gasteiger partial charge in [0.05, 0.1) is 18.2 Å². The summed E-state index contributed by atoms with van der Waals surface area (Å²) in [6.07, 6.45) is 2.30. The van der Waals surface area contributed by atoms with Crippen molar-refractivity contribution in [1.29, 1.82) is 0 Å². The molecule has 0 amide bonds. The minimum atomic E-state index is -0.768. The Hall–Kier alpha value is -0.380. The second kappa shape index (κ2) is 3.40. The van der Waals surface area contributed by atoms with E-state index in [4.69, 9.17) is 4.74 Å². The maximum absolute atomic E-state index is 10.0. The number of rotatable bonds is 3. The molecule has 0 aliphatic carbocycles.